The van der Waals surface area contributed by atoms with E-state index in [1.165, 1.54) is 0 Å². The molecule has 0 unspecified atom stereocenters. The molecule has 0 aliphatic rings. The second-order valence-corrected chi connectivity index (χ2v) is 2.57. The van der Waals surface area contributed by atoms with Crippen LogP contribution in [-0.4, -0.2) is 14.8 Å². The third-order valence-corrected chi connectivity index (χ3v) is 1.53. The number of aromatic nitrogens is 3. The van der Waals surface area contributed by atoms with E-state index in [-0.39, 0.29) is 103 Å². The Morgan fingerprint density at radius 1 is 1.42 bits per heavy atom. The van der Waals surface area contributed by atoms with E-state index in [0.717, 1.165) is 0 Å². The summed E-state index contributed by atoms with van der Waals surface area (Å²) in [6.45, 7) is 4.23. The van der Waals surface area contributed by atoms with Crippen LogP contribution in [-0.2, 0) is 6.54 Å². The maximum absolute atomic E-state index is 4.90. The first kappa shape index (κ1) is 17.0. The van der Waals surface area contributed by atoms with Gasteiger partial charge in [-0.2, -0.15) is 0 Å². The Balaban J connectivity index is 0. The van der Waals surface area contributed by atoms with Crippen molar-refractivity contribution in [2.75, 3.05) is 0 Å². The molecule has 12 heavy (non-hydrogen) atoms. The summed E-state index contributed by atoms with van der Waals surface area (Å²) in [5, 5.41) is 2.85. The van der Waals surface area contributed by atoms with Crippen LogP contribution in [0.5, 0.6) is 0 Å². The summed E-state index contributed by atoms with van der Waals surface area (Å²) in [5.41, 5.74) is 0. The molecule has 3 nitrogen and oxygen atoms in total. The minimum Gasteiger partial charge on any atom is -0.307 e. The van der Waals surface area contributed by atoms with Crippen LogP contribution in [0.1, 0.15) is 0 Å². The van der Waals surface area contributed by atoms with Crippen molar-refractivity contribution in [3.05, 3.63) is 22.2 Å². The first-order chi connectivity index (χ1) is 4.74. The average molecular weight is 251 g/mol. The Bertz CT molecular complexity index is 337. The Morgan fingerprint density at radius 3 is 2.33 bits per heavy atom. The molecule has 1 rings (SSSR count). The molecule has 1 aromatic rings. The van der Waals surface area contributed by atoms with E-state index in [2.05, 4.69) is 16.7 Å². The smallest absolute Gasteiger partial charge is 0.307 e. The number of nitrogens with one attached hydrogen (secondary N) is 2. The normalized spacial score (nSPS) is 8.00. The Morgan fingerprint density at radius 2 is 2.00 bits per heavy atom. The summed E-state index contributed by atoms with van der Waals surface area (Å²) in [6.07, 6.45) is 1.74. The molecule has 7 heteroatoms. The monoisotopic (exact) mass is 251 g/mol. The van der Waals surface area contributed by atoms with Crippen LogP contribution >= 0.6 is 24.4 Å². The fourth-order valence-corrected chi connectivity index (χ4v) is 1.12. The molecule has 1 aromatic heterocycles. The van der Waals surface area contributed by atoms with Crippen molar-refractivity contribution in [2.45, 2.75) is 6.54 Å². The minimum atomic E-state index is 0. The number of H-pyrrole nitrogens is 2. The van der Waals surface area contributed by atoms with Gasteiger partial charge in [0.05, 0.1) is 6.54 Å². The van der Waals surface area contributed by atoms with E-state index in [1.807, 2.05) is 0 Å². The first-order valence-corrected chi connectivity index (χ1v) is 3.55. The van der Waals surface area contributed by atoms with E-state index in [4.69, 9.17) is 24.4 Å². The largest absolute Gasteiger partial charge is 1.00 e. The fraction of sp³-hybridized carbons (Fsp3) is 0.200. The van der Waals surface area contributed by atoms with Gasteiger partial charge < -0.3 is 4.98 Å². The van der Waals surface area contributed by atoms with Crippen LogP contribution in [0.2, 0.25) is 0 Å². The average Bonchev–Trinajstić information content (AvgIpc) is 2.13. The van der Waals surface area contributed by atoms with Crippen molar-refractivity contribution in [3.8, 4) is 0 Å². The maximum Gasteiger partial charge on any atom is 1.00 e. The van der Waals surface area contributed by atoms with Gasteiger partial charge in [-0.05, 0) is 24.4 Å². The number of hydrogen-bond acceptors (Lipinski definition) is 2. The number of allylic oxidation sites excluding steroid dienone is 1. The van der Waals surface area contributed by atoms with E-state index in [9.17, 15) is 0 Å². The summed E-state index contributed by atoms with van der Waals surface area (Å²) in [7, 11) is 0. The molecule has 0 saturated heterocycles. The van der Waals surface area contributed by atoms with E-state index >= 15 is 0 Å². The van der Waals surface area contributed by atoms with E-state index < -0.39 is 0 Å². The Hall–Kier alpha value is 2.59. The van der Waals surface area contributed by atoms with Crippen molar-refractivity contribution >= 4 is 24.4 Å². The predicted molar refractivity (Wildman–Crippen MR) is 45.0 cm³/mol. The van der Waals surface area contributed by atoms with Gasteiger partial charge in [-0.1, -0.05) is 6.08 Å². The summed E-state index contributed by atoms with van der Waals surface area (Å²) < 4.78 is 2.86. The summed E-state index contributed by atoms with van der Waals surface area (Å²) in [6, 6.07) is 0. The second-order valence-electron chi connectivity index (χ2n) is 1.77. The zero-order valence-corrected chi connectivity index (χ0v) is 15.1. The predicted octanol–water partition coefficient (Wildman–Crippen LogP) is -4.20. The molecular weight excluding hydrogens is 244 g/mol. The molecule has 54 valence electrons. The molecular formula is C5H7K2N3S2+2. The topological polar surface area (TPSA) is 36.5 Å². The zero-order valence-electron chi connectivity index (χ0n) is 7.26. The number of nitrogens with zero attached hydrogens (tertiary/aromatic N) is 1. The summed E-state index contributed by atoms with van der Waals surface area (Å²) >= 11 is 9.70. The van der Waals surface area contributed by atoms with Gasteiger partial charge in [-0.15, -0.1) is 6.58 Å². The van der Waals surface area contributed by atoms with Gasteiger partial charge in [0.2, 0.25) is 0 Å². The SMILES string of the molecule is C=CCn1[nH]c(=S)[nH]c1=S.[K+].[K+]. The van der Waals surface area contributed by atoms with Crippen molar-refractivity contribution in [2.24, 2.45) is 0 Å². The maximum atomic E-state index is 4.90. The summed E-state index contributed by atoms with van der Waals surface area (Å²) in [5.74, 6) is 0. The van der Waals surface area contributed by atoms with Gasteiger partial charge in [0.15, 0.2) is 9.54 Å². The van der Waals surface area contributed by atoms with E-state index in [1.54, 1.807) is 10.8 Å². The van der Waals surface area contributed by atoms with Crippen molar-refractivity contribution in [3.63, 3.8) is 0 Å². The molecule has 2 N–H and O–H groups in total. The standard InChI is InChI=1S/C5H7N3S2.2K/c1-2-3-8-5(10)6-4(9)7-8;;/h2H,1,3H2,(H2,6,7,9,10);;/q;2*+1. The van der Waals surface area contributed by atoms with Crippen molar-refractivity contribution in [1.29, 1.82) is 0 Å². The molecule has 1 heterocycles. The zero-order chi connectivity index (χ0) is 7.56. The quantitative estimate of drug-likeness (QED) is 0.318. The molecule has 0 bridgehead atoms. The molecule has 0 aliphatic carbocycles. The van der Waals surface area contributed by atoms with Gasteiger partial charge >= 0.3 is 103 Å². The van der Waals surface area contributed by atoms with Crippen LogP contribution in [0.25, 0.3) is 0 Å². The minimum absolute atomic E-state index is 0. The van der Waals surface area contributed by atoms with Crippen LogP contribution in [0.4, 0.5) is 0 Å². The third kappa shape index (κ3) is 5.47. The van der Waals surface area contributed by atoms with Crippen LogP contribution in [0, 0.1) is 9.54 Å². The number of rotatable bonds is 2. The number of hydrogen-bond donors (Lipinski definition) is 2. The molecule has 0 amide bonds. The van der Waals surface area contributed by atoms with Gasteiger partial charge in [-0.25, -0.2) is 0 Å². The molecule has 0 radical (unpaired) electrons. The van der Waals surface area contributed by atoms with Crippen LogP contribution in [0.3, 0.4) is 0 Å². The molecule has 0 atom stereocenters. The molecule has 0 aromatic carbocycles. The van der Waals surface area contributed by atoms with Crippen LogP contribution < -0.4 is 103 Å². The van der Waals surface area contributed by atoms with Crippen molar-refractivity contribution in [1.82, 2.24) is 14.8 Å². The second kappa shape index (κ2) is 8.87. The molecule has 0 fully saturated rings. The van der Waals surface area contributed by atoms with Gasteiger partial charge in [0, 0.05) is 0 Å². The molecule has 0 aliphatic heterocycles. The number of aromatic amines is 2. The first-order valence-electron chi connectivity index (χ1n) is 2.74. The molecule has 0 saturated carbocycles. The molecule has 0 spiro atoms. The summed E-state index contributed by atoms with van der Waals surface area (Å²) in [4.78, 5) is 2.78. The van der Waals surface area contributed by atoms with Gasteiger partial charge in [0.1, 0.15) is 0 Å². The van der Waals surface area contributed by atoms with Gasteiger partial charge in [0.25, 0.3) is 0 Å². The fourth-order valence-electron chi connectivity index (χ4n) is 0.624. The Kier molecular flexibility index (Phi) is 12.6. The van der Waals surface area contributed by atoms with Crippen molar-refractivity contribution < 1.29 is 103 Å². The van der Waals surface area contributed by atoms with E-state index in [0.29, 0.717) is 16.1 Å². The van der Waals surface area contributed by atoms with Crippen LogP contribution in [0.15, 0.2) is 12.7 Å². The Labute approximate surface area is 166 Å². The third-order valence-electron chi connectivity index (χ3n) is 1.01. The van der Waals surface area contributed by atoms with Gasteiger partial charge in [-0.3, -0.25) is 9.78 Å².